The van der Waals surface area contributed by atoms with E-state index in [0.717, 1.165) is 0 Å². The van der Waals surface area contributed by atoms with Crippen LogP contribution < -0.4 is 114 Å². The summed E-state index contributed by atoms with van der Waals surface area (Å²) in [7, 11) is 0. The molecule has 2 bridgehead atoms. The number of aliphatic carboxylic acids is 1. The number of nitrogens with one attached hydrogen (secondary N) is 18. The Morgan fingerprint density at radius 3 is 1.33 bits per heavy atom. The van der Waals surface area contributed by atoms with E-state index in [2.05, 4.69) is 90.1 Å². The zero-order chi connectivity index (χ0) is 100. The van der Waals surface area contributed by atoms with Crippen LogP contribution in [0.4, 0.5) is 0 Å². The highest BCUT2D eigenvalue weighted by Gasteiger charge is 2.61. The monoisotopic (exact) mass is 1870 g/mol. The van der Waals surface area contributed by atoms with E-state index >= 15 is 0 Å². The van der Waals surface area contributed by atoms with E-state index in [1.54, 1.807) is 120 Å². The number of primary amides is 3. The summed E-state index contributed by atoms with van der Waals surface area (Å²) < 4.78 is 0. The van der Waals surface area contributed by atoms with Gasteiger partial charge < -0.3 is 124 Å². The minimum absolute atomic E-state index is 0.00774. The van der Waals surface area contributed by atoms with E-state index in [-0.39, 0.29) is 108 Å². The average Bonchev–Trinajstić information content (AvgIpc) is 1.23. The fourth-order valence-electron chi connectivity index (χ4n) is 16.2. The molecule has 45 heteroatoms. The Hall–Kier alpha value is -12.4. The Labute approximate surface area is 774 Å². The molecule has 1 aliphatic heterocycles. The summed E-state index contributed by atoms with van der Waals surface area (Å²) in [6.07, 6.45) is -2.04. The van der Waals surface area contributed by atoms with Crippen LogP contribution in [0.1, 0.15) is 225 Å². The van der Waals surface area contributed by atoms with Crippen LogP contribution in [0.5, 0.6) is 0 Å². The number of fused-ring (bicyclic) bond motifs is 3. The fraction of sp³-hybridized carbons (Fsp3) is 0.670. The van der Waals surface area contributed by atoms with Gasteiger partial charge in [-0.3, -0.25) is 102 Å². The number of imide groups is 1. The van der Waals surface area contributed by atoms with Gasteiger partial charge in [0, 0.05) is 65.6 Å². The van der Waals surface area contributed by atoms with Gasteiger partial charge in [-0.2, -0.15) is 0 Å². The van der Waals surface area contributed by atoms with Gasteiger partial charge in [-0.1, -0.05) is 121 Å². The second-order valence-corrected chi connectivity index (χ2v) is 37.1. The zero-order valence-corrected chi connectivity index (χ0v) is 78.9. The number of aliphatic hydroxyl groups excluding tert-OH is 1. The van der Waals surface area contributed by atoms with Crippen LogP contribution in [0, 0.1) is 51.2 Å². The van der Waals surface area contributed by atoms with Gasteiger partial charge in [0.2, 0.25) is 112 Å². The van der Waals surface area contributed by atoms with E-state index in [1.807, 2.05) is 0 Å². The number of guanidine groups is 1. The number of para-hydroxylation sites is 1. The normalized spacial score (nSPS) is 19.4. The van der Waals surface area contributed by atoms with Crippen LogP contribution in [-0.2, 0) is 102 Å². The van der Waals surface area contributed by atoms with Crippen molar-refractivity contribution in [3.63, 3.8) is 0 Å². The van der Waals surface area contributed by atoms with Gasteiger partial charge in [0.25, 0.3) is 0 Å². The number of carboxylic acids is 1. The number of carbonyl (C=O) groups is 20. The lowest BCUT2D eigenvalue weighted by Crippen LogP contribution is -2.65. The zero-order valence-electron chi connectivity index (χ0n) is 78.9. The smallest absolute Gasteiger partial charge is 0.326 e. The largest absolute Gasteiger partial charge is 0.480 e. The minimum Gasteiger partial charge on any atom is -0.480 e. The topological polar surface area (TPSA) is 744 Å². The summed E-state index contributed by atoms with van der Waals surface area (Å²) in [5, 5.41) is 70.0. The number of carboxylic acid groups (broad SMARTS) is 1. The lowest BCUT2D eigenvalue weighted by Gasteiger charge is -2.53. The van der Waals surface area contributed by atoms with Crippen molar-refractivity contribution in [3.8, 4) is 0 Å². The van der Waals surface area contributed by atoms with Crippen molar-refractivity contribution < 1.29 is 106 Å². The van der Waals surface area contributed by atoms with Crippen molar-refractivity contribution in [2.45, 2.75) is 310 Å². The molecule has 2 aliphatic rings. The standard InChI is InChI=1S/C88H143N23O22/c1-16-46(9)66(79(127)102-53(25-20-21-33-89)72(120)100-56(28-31-62(91)114)73(121)103-58(35-43(3)4)76(124)101-55(27-30-61(90)113)71(119)98-48(11)69(117)99-54(26-22-34-95-85(93)94)75(123)109-67(81(129)130)47(10)17-2)107-64(116)39-97-70(118)60(37-50-38-96-52-24-19-18-23-51(50)52)105-78(126)65(45(7)8)108-80(128)68(49(12)112)110-77(125)59(36-44(5)6)104-74(122)57(29-32-63(92)115)106-82(131)86(13)40-87(14)42-88(15,41-86)84(133)111-83(87)132/h18-19,23-24,38,43-49,53-60,65-68,96,112H,16-17,20-22,25-37,39-42,89H2,1-15H3,(H2,90,113)(H2,91,114)(H2,92,115)(H,97,118)(H,98,119)(H,99,117)(H,100,120)(H,101,124)(H,102,127)(H,103,121)(H,104,122)(H,105,126)(H,106,131)(H,107,116)(H,108,128)(H,109,123)(H,110,125)(H,129,130)(H4,93,94,95)(H,111,132,133)/t46-,47-,48-,49+,53-,54-,55-,56-,57-,58-,59-,60-,65-,66-,67-,68-,86?,87-,88+/m0/s1. The third-order valence-corrected chi connectivity index (χ3v) is 23.8. The number of aromatic amines is 1. The third kappa shape index (κ3) is 35.6. The SMILES string of the molecule is CC[C@H](C)[C@H](NC(=O)[C@H](CCCNC(=N)N)NC(=O)[C@H](C)NC(=O)[C@H](CCC(N)=O)NC(=O)[C@H](CC(C)C)NC(=O)[C@H](CCC(N)=O)NC(=O)[C@H](CCCCN)NC(=O)[C@@H](NC(=O)CNC(=O)[C@H](Cc1c[nH]c2ccccc12)NC(=O)[C@@H](NC(=O)[C@@H](NC(=O)[C@H](CC(C)C)NC(=O)[C@H](CCC(N)=O)NC(=O)C1(C)C[C@@]2(C)C[C@@](C)(C1)C(=O)NC2=O)[C@@H](C)O)C(C)C)[C@@H](C)CC)C(=O)O. The Bertz CT molecular complexity index is 4470. The van der Waals surface area contributed by atoms with Gasteiger partial charge in [-0.05, 0) is 145 Å². The van der Waals surface area contributed by atoms with Crippen molar-refractivity contribution in [2.24, 2.45) is 74.5 Å². The van der Waals surface area contributed by atoms with E-state index in [9.17, 15) is 106 Å². The second kappa shape index (κ2) is 52.7. The molecule has 19 amide bonds. The van der Waals surface area contributed by atoms with Crippen LogP contribution >= 0.6 is 0 Å². The molecule has 1 aliphatic carbocycles. The molecular formula is C88H143N23O22. The molecule has 19 atom stereocenters. The number of unbranched alkanes of at least 4 members (excludes halogenated alkanes) is 1. The molecule has 2 heterocycles. The number of H-pyrrole nitrogens is 1. The number of hydrogen-bond acceptors (Lipinski definition) is 23. The first-order valence-electron chi connectivity index (χ1n) is 45.3. The van der Waals surface area contributed by atoms with E-state index in [4.69, 9.17) is 34.1 Å². The number of aliphatic hydroxyl groups is 1. The number of rotatable bonds is 58. The lowest BCUT2D eigenvalue weighted by atomic mass is 9.52. The van der Waals surface area contributed by atoms with Gasteiger partial charge in [-0.15, -0.1) is 0 Å². The fourth-order valence-corrected chi connectivity index (χ4v) is 16.2. The lowest BCUT2D eigenvalue weighted by molar-refractivity contribution is -0.165. The number of nitrogens with two attached hydrogens (primary N) is 5. The van der Waals surface area contributed by atoms with Crippen LogP contribution in [0.3, 0.4) is 0 Å². The van der Waals surface area contributed by atoms with Crippen molar-refractivity contribution in [1.29, 1.82) is 5.41 Å². The first kappa shape index (κ1) is 113. The summed E-state index contributed by atoms with van der Waals surface area (Å²) in [5.74, 6) is -21.6. The van der Waals surface area contributed by atoms with E-state index in [0.29, 0.717) is 29.3 Å². The summed E-state index contributed by atoms with van der Waals surface area (Å²) in [5.41, 5.74) is 25.3. The molecule has 133 heavy (non-hydrogen) atoms. The van der Waals surface area contributed by atoms with Gasteiger partial charge in [0.05, 0.1) is 12.6 Å². The number of benzene rings is 1. The molecule has 1 saturated heterocycles. The third-order valence-electron chi connectivity index (χ3n) is 23.8. The van der Waals surface area contributed by atoms with Crippen molar-refractivity contribution in [2.75, 3.05) is 19.6 Å². The van der Waals surface area contributed by atoms with E-state index in [1.165, 1.54) is 13.8 Å². The Morgan fingerprint density at radius 1 is 0.451 bits per heavy atom. The molecule has 45 nitrogen and oxygen atoms in total. The number of amides is 19. The molecule has 1 saturated carbocycles. The predicted octanol–water partition coefficient (Wildman–Crippen LogP) is -3.50. The Balaban J connectivity index is 1.57. The molecule has 1 aromatic heterocycles. The molecule has 30 N–H and O–H groups in total. The molecule has 4 rings (SSSR count). The first-order chi connectivity index (χ1) is 62.1. The maximum absolute atomic E-state index is 14.8. The minimum atomic E-state index is -1.83. The highest BCUT2D eigenvalue weighted by atomic mass is 16.4. The van der Waals surface area contributed by atoms with E-state index < -0.39 is 276 Å². The number of carbonyl (C=O) groups excluding carboxylic acids is 19. The molecule has 1 aromatic carbocycles. The maximum Gasteiger partial charge on any atom is 0.326 e. The van der Waals surface area contributed by atoms with Crippen molar-refractivity contribution in [3.05, 3.63) is 36.0 Å². The van der Waals surface area contributed by atoms with Gasteiger partial charge >= 0.3 is 5.97 Å². The van der Waals surface area contributed by atoms with Gasteiger partial charge in [-0.25, -0.2) is 4.79 Å². The number of aromatic nitrogens is 1. The summed E-state index contributed by atoms with van der Waals surface area (Å²) >= 11 is 0. The molecule has 742 valence electrons. The predicted molar refractivity (Wildman–Crippen MR) is 486 cm³/mol. The van der Waals surface area contributed by atoms with Crippen LogP contribution in [0.25, 0.3) is 10.9 Å². The highest BCUT2D eigenvalue weighted by Crippen LogP contribution is 2.56. The Kier molecular flexibility index (Phi) is 44.7. The molecule has 0 spiro atoms. The van der Waals surface area contributed by atoms with Gasteiger partial charge in [0.1, 0.15) is 78.5 Å². The summed E-state index contributed by atoms with van der Waals surface area (Å²) in [6, 6.07) is -12.9. The number of hydrogen-bond donors (Lipinski definition) is 25. The quantitative estimate of drug-likeness (QED) is 0.0132. The van der Waals surface area contributed by atoms with Crippen LogP contribution in [0.15, 0.2) is 30.5 Å². The van der Waals surface area contributed by atoms with Crippen molar-refractivity contribution in [1.82, 2.24) is 90.1 Å². The molecule has 0 radical (unpaired) electrons. The molecule has 2 fully saturated rings. The highest BCUT2D eigenvalue weighted by molar-refractivity contribution is 6.06. The van der Waals surface area contributed by atoms with Crippen LogP contribution in [0.2, 0.25) is 0 Å². The maximum atomic E-state index is 14.8. The first-order valence-corrected chi connectivity index (χ1v) is 45.3. The summed E-state index contributed by atoms with van der Waals surface area (Å²) in [6.45, 7) is 23.2. The summed E-state index contributed by atoms with van der Waals surface area (Å²) in [4.78, 5) is 280. The molecular weight excluding hydrogens is 1730 g/mol. The number of piperidine rings is 1. The molecule has 2 aromatic rings. The van der Waals surface area contributed by atoms with Crippen molar-refractivity contribution >= 4 is 135 Å². The average molecular weight is 1880 g/mol. The van der Waals surface area contributed by atoms with Crippen LogP contribution in [-0.4, -0.2) is 244 Å². The second-order valence-electron chi connectivity index (χ2n) is 37.1. The van der Waals surface area contributed by atoms with Gasteiger partial charge in [0.15, 0.2) is 5.96 Å². The Morgan fingerprint density at radius 2 is 0.857 bits per heavy atom. The molecule has 1 unspecified atom stereocenters.